The Balaban J connectivity index is 1.44. The third-order valence-electron chi connectivity index (χ3n) is 5.96. The molecule has 3 heterocycles. The van der Waals surface area contributed by atoms with Crippen molar-refractivity contribution in [1.29, 1.82) is 0 Å². The standard InChI is InChI=1S/C20H20ClF2N5O2/c21-12-7-28(20-17(12)19(24)26-8-27-20)9-3-14(29)16(4-9)30-15-5-13(22)18(23)10-1-2-25-6-11(10)15/h5,7-9,14,16,25,29H,1-4,6H2,(H2,24,26,27)/t9-,14-,16-/m0/s1. The summed E-state index contributed by atoms with van der Waals surface area (Å²) in [6.07, 6.45) is 2.96. The number of nitrogen functional groups attached to an aromatic ring is 1. The van der Waals surface area contributed by atoms with Gasteiger partial charge in [0.25, 0.3) is 0 Å². The third kappa shape index (κ3) is 3.08. The smallest absolute Gasteiger partial charge is 0.162 e. The molecule has 3 aromatic rings. The fourth-order valence-corrected chi connectivity index (χ4v) is 4.77. The van der Waals surface area contributed by atoms with E-state index >= 15 is 0 Å². The quantitative estimate of drug-likeness (QED) is 0.585. The van der Waals surface area contributed by atoms with Crippen LogP contribution in [0.1, 0.15) is 30.0 Å². The summed E-state index contributed by atoms with van der Waals surface area (Å²) in [5, 5.41) is 14.8. The molecule has 0 spiro atoms. The van der Waals surface area contributed by atoms with Crippen LogP contribution in [0.2, 0.25) is 5.02 Å². The summed E-state index contributed by atoms with van der Waals surface area (Å²) in [7, 11) is 0. The molecule has 2 aliphatic rings. The molecule has 1 aliphatic heterocycles. The number of hydrogen-bond donors (Lipinski definition) is 3. The Morgan fingerprint density at radius 3 is 2.93 bits per heavy atom. The van der Waals surface area contributed by atoms with Crippen molar-refractivity contribution in [3.63, 3.8) is 0 Å². The Hall–Kier alpha value is -2.49. The average Bonchev–Trinajstić information content (AvgIpc) is 3.26. The number of benzene rings is 1. The second-order valence-corrected chi connectivity index (χ2v) is 8.15. The molecule has 158 valence electrons. The highest BCUT2D eigenvalue weighted by Gasteiger charge is 2.37. The predicted octanol–water partition coefficient (Wildman–Crippen LogP) is 2.73. The lowest BCUT2D eigenvalue weighted by Gasteiger charge is -2.24. The van der Waals surface area contributed by atoms with Gasteiger partial charge in [-0.3, -0.25) is 0 Å². The number of ether oxygens (including phenoxy) is 1. The summed E-state index contributed by atoms with van der Waals surface area (Å²) < 4.78 is 36.2. The summed E-state index contributed by atoms with van der Waals surface area (Å²) in [5.41, 5.74) is 7.44. The molecule has 0 unspecified atom stereocenters. The minimum atomic E-state index is -0.940. The third-order valence-corrected chi connectivity index (χ3v) is 6.25. The largest absolute Gasteiger partial charge is 0.487 e. The fourth-order valence-electron chi connectivity index (χ4n) is 4.49. The highest BCUT2D eigenvalue weighted by Crippen LogP contribution is 2.39. The van der Waals surface area contributed by atoms with Crippen LogP contribution in [0.3, 0.4) is 0 Å². The van der Waals surface area contributed by atoms with Crippen molar-refractivity contribution in [3.05, 3.63) is 46.4 Å². The number of aliphatic hydroxyl groups is 1. The van der Waals surface area contributed by atoms with Crippen LogP contribution in [0.25, 0.3) is 11.0 Å². The first-order valence-electron chi connectivity index (χ1n) is 9.75. The molecule has 0 radical (unpaired) electrons. The zero-order chi connectivity index (χ0) is 21.0. The van der Waals surface area contributed by atoms with Gasteiger partial charge >= 0.3 is 0 Å². The predicted molar refractivity (Wildman–Crippen MR) is 107 cm³/mol. The Morgan fingerprint density at radius 1 is 1.27 bits per heavy atom. The second kappa shape index (κ2) is 7.33. The normalized spacial score (nSPS) is 23.7. The molecule has 2 aromatic heterocycles. The maximum Gasteiger partial charge on any atom is 0.162 e. The van der Waals surface area contributed by atoms with Crippen LogP contribution in [0.5, 0.6) is 5.75 Å². The average molecular weight is 436 g/mol. The Bertz CT molecular complexity index is 1140. The van der Waals surface area contributed by atoms with Crippen molar-refractivity contribution in [2.24, 2.45) is 0 Å². The zero-order valence-corrected chi connectivity index (χ0v) is 16.7. The van der Waals surface area contributed by atoms with Gasteiger partial charge in [-0.25, -0.2) is 18.7 Å². The summed E-state index contributed by atoms with van der Waals surface area (Å²) >= 11 is 6.32. The Morgan fingerprint density at radius 2 is 2.10 bits per heavy atom. The van der Waals surface area contributed by atoms with Crippen LogP contribution in [-0.4, -0.2) is 38.4 Å². The van der Waals surface area contributed by atoms with E-state index in [1.807, 2.05) is 4.57 Å². The maximum atomic E-state index is 14.2. The van der Waals surface area contributed by atoms with Crippen LogP contribution < -0.4 is 15.8 Å². The number of hydrogen-bond acceptors (Lipinski definition) is 6. The maximum absolute atomic E-state index is 14.2. The highest BCUT2D eigenvalue weighted by atomic mass is 35.5. The molecule has 0 amide bonds. The molecule has 5 rings (SSSR count). The molecule has 4 N–H and O–H groups in total. The first kappa shape index (κ1) is 19.5. The molecule has 0 bridgehead atoms. The summed E-state index contributed by atoms with van der Waals surface area (Å²) in [6.45, 7) is 0.968. The Labute approximate surface area is 175 Å². The van der Waals surface area contributed by atoms with Crippen molar-refractivity contribution in [2.45, 2.75) is 44.1 Å². The number of aromatic nitrogens is 3. The lowest BCUT2D eigenvalue weighted by Crippen LogP contribution is -2.29. The summed E-state index contributed by atoms with van der Waals surface area (Å²) in [5.74, 6) is -1.21. The topological polar surface area (TPSA) is 98.2 Å². The van der Waals surface area contributed by atoms with E-state index in [1.165, 1.54) is 6.33 Å². The number of rotatable bonds is 3. The van der Waals surface area contributed by atoms with E-state index in [4.69, 9.17) is 22.1 Å². The van der Waals surface area contributed by atoms with Gasteiger partial charge in [0, 0.05) is 42.4 Å². The zero-order valence-electron chi connectivity index (χ0n) is 15.9. The van der Waals surface area contributed by atoms with Gasteiger partial charge in [-0.2, -0.15) is 0 Å². The lowest BCUT2D eigenvalue weighted by molar-refractivity contribution is 0.0592. The van der Waals surface area contributed by atoms with Gasteiger partial charge in [0.15, 0.2) is 11.6 Å². The van der Waals surface area contributed by atoms with E-state index in [2.05, 4.69) is 15.3 Å². The minimum absolute atomic E-state index is 0.145. The lowest BCUT2D eigenvalue weighted by atomic mass is 9.99. The number of nitrogens with two attached hydrogens (primary N) is 1. The van der Waals surface area contributed by atoms with Gasteiger partial charge in [-0.15, -0.1) is 0 Å². The molecule has 0 saturated heterocycles. The molecular weight excluding hydrogens is 416 g/mol. The first-order chi connectivity index (χ1) is 14.4. The van der Waals surface area contributed by atoms with Crippen LogP contribution in [0.4, 0.5) is 14.6 Å². The minimum Gasteiger partial charge on any atom is -0.487 e. The van der Waals surface area contributed by atoms with E-state index in [1.54, 1.807) is 6.20 Å². The van der Waals surface area contributed by atoms with Crippen LogP contribution in [-0.2, 0) is 13.0 Å². The number of aliphatic hydroxyl groups excluding tert-OH is 1. The molecule has 30 heavy (non-hydrogen) atoms. The fraction of sp³-hybridized carbons (Fsp3) is 0.400. The number of halogens is 3. The molecule has 1 aromatic carbocycles. The van der Waals surface area contributed by atoms with E-state index < -0.39 is 23.8 Å². The van der Waals surface area contributed by atoms with Crippen LogP contribution in [0, 0.1) is 11.6 Å². The molecular formula is C20H20ClF2N5O2. The van der Waals surface area contributed by atoms with Crippen LogP contribution >= 0.6 is 11.6 Å². The summed E-state index contributed by atoms with van der Waals surface area (Å²) in [6, 6.07) is 0.922. The SMILES string of the molecule is Nc1ncnc2c1c(Cl)cn2[C@@H]1C[C@H](Oc2cc(F)c(F)c3c2CNCC3)[C@@H](O)C1. The van der Waals surface area contributed by atoms with Crippen molar-refractivity contribution in [2.75, 3.05) is 12.3 Å². The van der Waals surface area contributed by atoms with Crippen LogP contribution in [0.15, 0.2) is 18.6 Å². The molecule has 1 aliphatic carbocycles. The number of fused-ring (bicyclic) bond motifs is 2. The van der Waals surface area contributed by atoms with Gasteiger partial charge in [-0.1, -0.05) is 11.6 Å². The molecule has 10 heteroatoms. The van der Waals surface area contributed by atoms with Gasteiger partial charge in [0.2, 0.25) is 0 Å². The Kier molecular flexibility index (Phi) is 4.76. The number of nitrogens with zero attached hydrogens (tertiary/aromatic N) is 3. The monoisotopic (exact) mass is 435 g/mol. The van der Waals surface area contributed by atoms with Gasteiger partial charge in [-0.05, 0) is 19.4 Å². The van der Waals surface area contributed by atoms with Crippen molar-refractivity contribution >= 4 is 28.5 Å². The molecule has 3 atom stereocenters. The van der Waals surface area contributed by atoms with Gasteiger partial charge in [0.1, 0.15) is 29.6 Å². The van der Waals surface area contributed by atoms with Crippen molar-refractivity contribution < 1.29 is 18.6 Å². The highest BCUT2D eigenvalue weighted by molar-refractivity contribution is 6.36. The van der Waals surface area contributed by atoms with E-state index in [9.17, 15) is 13.9 Å². The first-order valence-corrected chi connectivity index (χ1v) is 10.1. The van der Waals surface area contributed by atoms with E-state index in [-0.39, 0.29) is 17.6 Å². The van der Waals surface area contributed by atoms with Crippen molar-refractivity contribution in [1.82, 2.24) is 19.9 Å². The van der Waals surface area contributed by atoms with E-state index in [0.29, 0.717) is 59.5 Å². The van der Waals surface area contributed by atoms with Crippen molar-refractivity contribution in [3.8, 4) is 5.75 Å². The number of anilines is 1. The summed E-state index contributed by atoms with van der Waals surface area (Å²) in [4.78, 5) is 8.26. The second-order valence-electron chi connectivity index (χ2n) is 7.75. The van der Waals surface area contributed by atoms with Gasteiger partial charge < -0.3 is 25.5 Å². The number of nitrogens with one attached hydrogen (secondary N) is 1. The van der Waals surface area contributed by atoms with Gasteiger partial charge in [0.05, 0.1) is 16.5 Å². The molecule has 1 saturated carbocycles. The molecule has 7 nitrogen and oxygen atoms in total. The van der Waals surface area contributed by atoms with E-state index in [0.717, 1.165) is 6.07 Å². The molecule has 1 fully saturated rings.